The molecular weight excluding hydrogens is 232 g/mol. The third-order valence-corrected chi connectivity index (χ3v) is 4.74. The minimum atomic E-state index is 0.232. The Labute approximate surface area is 121 Å². The van der Waals surface area contributed by atoms with Gasteiger partial charge in [0.2, 0.25) is 0 Å². The van der Waals surface area contributed by atoms with E-state index in [1.54, 1.807) is 0 Å². The minimum Gasteiger partial charge on any atom is -0.312 e. The molecule has 0 aromatic carbocycles. The third-order valence-electron chi connectivity index (χ3n) is 4.74. The van der Waals surface area contributed by atoms with E-state index in [9.17, 15) is 0 Å². The maximum absolute atomic E-state index is 3.63. The van der Waals surface area contributed by atoms with Crippen LogP contribution in [0.25, 0.3) is 0 Å². The summed E-state index contributed by atoms with van der Waals surface area (Å²) in [6.07, 6.45) is 7.26. The van der Waals surface area contributed by atoms with Gasteiger partial charge in [-0.25, -0.2) is 0 Å². The summed E-state index contributed by atoms with van der Waals surface area (Å²) in [5.41, 5.74) is 0.232. The van der Waals surface area contributed by atoms with Crippen LogP contribution in [0.3, 0.4) is 0 Å². The summed E-state index contributed by atoms with van der Waals surface area (Å²) in [7, 11) is 2.31. The van der Waals surface area contributed by atoms with E-state index in [0.29, 0.717) is 12.0 Å². The van der Waals surface area contributed by atoms with E-state index >= 15 is 0 Å². The van der Waals surface area contributed by atoms with Crippen LogP contribution in [-0.2, 0) is 0 Å². The maximum Gasteiger partial charge on any atom is 0.0102 e. The van der Waals surface area contributed by atoms with Crippen LogP contribution in [0.1, 0.15) is 66.7 Å². The van der Waals surface area contributed by atoms with Crippen LogP contribution >= 0.6 is 0 Å². The van der Waals surface area contributed by atoms with E-state index in [1.807, 2.05) is 0 Å². The van der Waals surface area contributed by atoms with Gasteiger partial charge in [-0.1, -0.05) is 26.2 Å². The molecule has 1 N–H and O–H groups in total. The predicted molar refractivity (Wildman–Crippen MR) is 85.6 cm³/mol. The molecule has 0 heterocycles. The van der Waals surface area contributed by atoms with E-state index in [4.69, 9.17) is 0 Å². The molecule has 2 atom stereocenters. The zero-order valence-electron chi connectivity index (χ0n) is 14.1. The highest BCUT2D eigenvalue weighted by molar-refractivity contribution is 4.79. The molecule has 1 saturated carbocycles. The Bertz CT molecular complexity index is 238. The smallest absolute Gasteiger partial charge is 0.0102 e. The number of hydrogen-bond acceptors (Lipinski definition) is 2. The first-order valence-electron chi connectivity index (χ1n) is 8.25. The van der Waals surface area contributed by atoms with Crippen LogP contribution in [0.15, 0.2) is 0 Å². The van der Waals surface area contributed by atoms with Crippen molar-refractivity contribution in [2.45, 2.75) is 78.3 Å². The van der Waals surface area contributed by atoms with E-state index in [0.717, 1.165) is 12.5 Å². The molecule has 1 aliphatic rings. The van der Waals surface area contributed by atoms with E-state index in [1.165, 1.54) is 38.6 Å². The van der Waals surface area contributed by atoms with Crippen molar-refractivity contribution in [3.05, 3.63) is 0 Å². The molecule has 1 rings (SSSR count). The Hall–Kier alpha value is -0.0800. The Morgan fingerprint density at radius 3 is 2.21 bits per heavy atom. The SMILES string of the molecule is CC(CNC(C)(C)C)C(C)N(C)CC1CCCCC1. The lowest BCUT2D eigenvalue weighted by Crippen LogP contribution is -2.45. The van der Waals surface area contributed by atoms with Gasteiger partial charge < -0.3 is 10.2 Å². The van der Waals surface area contributed by atoms with Crippen molar-refractivity contribution >= 4 is 0 Å². The molecule has 2 unspecified atom stereocenters. The molecule has 2 nitrogen and oxygen atoms in total. The Morgan fingerprint density at radius 1 is 1.11 bits per heavy atom. The molecule has 0 amide bonds. The Morgan fingerprint density at radius 2 is 1.68 bits per heavy atom. The fourth-order valence-corrected chi connectivity index (χ4v) is 3.02. The molecule has 114 valence electrons. The molecule has 0 aliphatic heterocycles. The predicted octanol–water partition coefficient (Wildman–Crippen LogP) is 3.91. The summed E-state index contributed by atoms with van der Waals surface area (Å²) in [5.74, 6) is 1.65. The van der Waals surface area contributed by atoms with Crippen LogP contribution in [0, 0.1) is 11.8 Å². The van der Waals surface area contributed by atoms with Crippen molar-refractivity contribution in [1.82, 2.24) is 10.2 Å². The second-order valence-corrected chi connectivity index (χ2v) is 7.79. The first kappa shape index (κ1) is 17.0. The quantitative estimate of drug-likeness (QED) is 0.785. The van der Waals surface area contributed by atoms with E-state index in [-0.39, 0.29) is 5.54 Å². The van der Waals surface area contributed by atoms with Crippen LogP contribution < -0.4 is 5.32 Å². The fourth-order valence-electron chi connectivity index (χ4n) is 3.02. The lowest BCUT2D eigenvalue weighted by atomic mass is 9.88. The van der Waals surface area contributed by atoms with Gasteiger partial charge in [0, 0.05) is 18.1 Å². The van der Waals surface area contributed by atoms with E-state index in [2.05, 4.69) is 51.9 Å². The van der Waals surface area contributed by atoms with Crippen molar-refractivity contribution < 1.29 is 0 Å². The van der Waals surface area contributed by atoms with Crippen LogP contribution in [-0.4, -0.2) is 36.6 Å². The molecule has 0 radical (unpaired) electrons. The largest absolute Gasteiger partial charge is 0.312 e. The third kappa shape index (κ3) is 6.76. The maximum atomic E-state index is 3.63. The summed E-state index contributed by atoms with van der Waals surface area (Å²) < 4.78 is 0. The normalized spacial score (nSPS) is 21.6. The second-order valence-electron chi connectivity index (χ2n) is 7.79. The standard InChI is InChI=1S/C17H36N2/c1-14(12-18-17(3,4)5)15(2)19(6)13-16-10-8-7-9-11-16/h14-16,18H,7-13H2,1-6H3. The first-order chi connectivity index (χ1) is 8.79. The van der Waals surface area contributed by atoms with Crippen molar-refractivity contribution in [1.29, 1.82) is 0 Å². The van der Waals surface area contributed by atoms with Gasteiger partial charge in [-0.05, 0) is 66.0 Å². The van der Waals surface area contributed by atoms with Gasteiger partial charge in [-0.2, -0.15) is 0 Å². The van der Waals surface area contributed by atoms with Crippen LogP contribution in [0.4, 0.5) is 0 Å². The van der Waals surface area contributed by atoms with Gasteiger partial charge in [-0.15, -0.1) is 0 Å². The molecule has 19 heavy (non-hydrogen) atoms. The Kier molecular flexibility index (Phi) is 6.82. The highest BCUT2D eigenvalue weighted by Crippen LogP contribution is 2.25. The lowest BCUT2D eigenvalue weighted by molar-refractivity contribution is 0.149. The van der Waals surface area contributed by atoms with Gasteiger partial charge in [0.25, 0.3) is 0 Å². The van der Waals surface area contributed by atoms with Crippen LogP contribution in [0.5, 0.6) is 0 Å². The number of hydrogen-bond donors (Lipinski definition) is 1. The average molecular weight is 268 g/mol. The molecule has 0 aromatic rings. The minimum absolute atomic E-state index is 0.232. The molecule has 0 aromatic heterocycles. The van der Waals surface area contributed by atoms with Crippen molar-refractivity contribution in [2.75, 3.05) is 20.1 Å². The van der Waals surface area contributed by atoms with Gasteiger partial charge in [0.15, 0.2) is 0 Å². The number of rotatable bonds is 6. The van der Waals surface area contributed by atoms with Gasteiger partial charge in [0.05, 0.1) is 0 Å². The highest BCUT2D eigenvalue weighted by Gasteiger charge is 2.22. The molecule has 1 aliphatic carbocycles. The molecule has 1 fully saturated rings. The number of nitrogens with zero attached hydrogens (tertiary/aromatic N) is 1. The second kappa shape index (κ2) is 7.64. The van der Waals surface area contributed by atoms with E-state index < -0.39 is 0 Å². The molecule has 2 heteroatoms. The highest BCUT2D eigenvalue weighted by atomic mass is 15.1. The summed E-state index contributed by atoms with van der Waals surface area (Å²) in [6, 6.07) is 0.664. The summed E-state index contributed by atoms with van der Waals surface area (Å²) >= 11 is 0. The van der Waals surface area contributed by atoms with Gasteiger partial charge in [0.1, 0.15) is 0 Å². The van der Waals surface area contributed by atoms with Gasteiger partial charge >= 0.3 is 0 Å². The van der Waals surface area contributed by atoms with Crippen molar-refractivity contribution in [3.8, 4) is 0 Å². The first-order valence-corrected chi connectivity index (χ1v) is 8.25. The van der Waals surface area contributed by atoms with Crippen molar-refractivity contribution in [2.24, 2.45) is 11.8 Å². The topological polar surface area (TPSA) is 15.3 Å². The molecular formula is C17H36N2. The number of nitrogens with one attached hydrogen (secondary N) is 1. The molecule has 0 spiro atoms. The summed E-state index contributed by atoms with van der Waals surface area (Å²) in [4.78, 5) is 2.59. The van der Waals surface area contributed by atoms with Crippen LogP contribution in [0.2, 0.25) is 0 Å². The summed E-state index contributed by atoms with van der Waals surface area (Å²) in [6.45, 7) is 13.9. The Balaban J connectivity index is 2.31. The molecule has 0 saturated heterocycles. The average Bonchev–Trinajstić information content (AvgIpc) is 2.35. The molecule has 0 bridgehead atoms. The van der Waals surface area contributed by atoms with Crippen molar-refractivity contribution in [3.63, 3.8) is 0 Å². The lowest BCUT2D eigenvalue weighted by Gasteiger charge is -2.35. The summed E-state index contributed by atoms with van der Waals surface area (Å²) in [5, 5.41) is 3.63. The monoisotopic (exact) mass is 268 g/mol. The zero-order valence-corrected chi connectivity index (χ0v) is 14.1. The zero-order chi connectivity index (χ0) is 14.5. The van der Waals surface area contributed by atoms with Gasteiger partial charge in [-0.3, -0.25) is 0 Å². The fraction of sp³-hybridized carbons (Fsp3) is 1.00.